The van der Waals surface area contributed by atoms with Gasteiger partial charge in [0.2, 0.25) is 0 Å². The zero-order chi connectivity index (χ0) is 18.1. The second-order valence-corrected chi connectivity index (χ2v) is 6.71. The lowest BCUT2D eigenvalue weighted by Gasteiger charge is -2.11. The van der Waals surface area contributed by atoms with Gasteiger partial charge in [-0.25, -0.2) is 9.97 Å². The molecule has 0 bridgehead atoms. The van der Waals surface area contributed by atoms with Crippen LogP contribution < -0.4 is 9.47 Å². The lowest BCUT2D eigenvalue weighted by Crippen LogP contribution is -1.99. The third-order valence-electron chi connectivity index (χ3n) is 4.10. The minimum atomic E-state index is 0.680. The fourth-order valence-electron chi connectivity index (χ4n) is 2.86. The van der Waals surface area contributed by atoms with Gasteiger partial charge < -0.3 is 9.47 Å². The fourth-order valence-corrected chi connectivity index (χ4v) is 3.79. The largest absolute Gasteiger partial charge is 0.497 e. The van der Waals surface area contributed by atoms with Crippen LogP contribution in [0.4, 0.5) is 0 Å². The number of methoxy groups -OCH3 is 2. The monoisotopic (exact) mass is 366 g/mol. The topological polar surface area (TPSA) is 61.5 Å². The molecular weight excluding hydrogens is 348 g/mol. The highest BCUT2D eigenvalue weighted by Gasteiger charge is 2.14. The molecule has 2 aromatic heterocycles. The number of hydrogen-bond acceptors (Lipinski definition) is 6. The summed E-state index contributed by atoms with van der Waals surface area (Å²) in [6.07, 6.45) is 0. The van der Waals surface area contributed by atoms with E-state index >= 15 is 0 Å². The van der Waals surface area contributed by atoms with E-state index < -0.39 is 0 Å². The number of rotatable bonds is 5. The summed E-state index contributed by atoms with van der Waals surface area (Å²) in [5, 5.41) is 6.31. The molecule has 0 spiro atoms. The Balaban J connectivity index is 1.75. The SMILES string of the molecule is COc1ccc(OC)c(CSc2nc3ccccc3c3nc(C)nn23)c1. The average Bonchev–Trinajstić information content (AvgIpc) is 3.07. The normalized spacial score (nSPS) is 11.2. The third-order valence-corrected chi connectivity index (χ3v) is 5.08. The molecule has 0 saturated carbocycles. The number of benzene rings is 2. The van der Waals surface area contributed by atoms with Crippen LogP contribution in [0.3, 0.4) is 0 Å². The molecule has 6 nitrogen and oxygen atoms in total. The van der Waals surface area contributed by atoms with Crippen molar-refractivity contribution >= 4 is 28.3 Å². The van der Waals surface area contributed by atoms with Crippen LogP contribution in [0.5, 0.6) is 11.5 Å². The smallest absolute Gasteiger partial charge is 0.191 e. The fraction of sp³-hybridized carbons (Fsp3) is 0.211. The Kier molecular flexibility index (Phi) is 4.38. The first kappa shape index (κ1) is 16.7. The molecule has 4 rings (SSSR count). The van der Waals surface area contributed by atoms with E-state index in [0.717, 1.165) is 44.6 Å². The van der Waals surface area contributed by atoms with Crippen molar-refractivity contribution in [1.29, 1.82) is 0 Å². The number of fused-ring (bicyclic) bond motifs is 3. The zero-order valence-electron chi connectivity index (χ0n) is 14.8. The third kappa shape index (κ3) is 2.94. The van der Waals surface area contributed by atoms with Crippen LogP contribution in [0, 0.1) is 6.92 Å². The Morgan fingerprint density at radius 3 is 2.69 bits per heavy atom. The molecule has 2 aromatic carbocycles. The molecule has 132 valence electrons. The molecule has 2 heterocycles. The second kappa shape index (κ2) is 6.84. The molecule has 4 aromatic rings. The van der Waals surface area contributed by atoms with E-state index in [1.807, 2.05) is 53.9 Å². The maximum absolute atomic E-state index is 5.47. The Labute approximate surface area is 155 Å². The van der Waals surface area contributed by atoms with Crippen molar-refractivity contribution < 1.29 is 9.47 Å². The van der Waals surface area contributed by atoms with Gasteiger partial charge in [0.25, 0.3) is 0 Å². The van der Waals surface area contributed by atoms with E-state index in [2.05, 4.69) is 10.1 Å². The molecular formula is C19H18N4O2S. The molecule has 0 saturated heterocycles. The summed E-state index contributed by atoms with van der Waals surface area (Å²) in [4.78, 5) is 9.35. The Bertz CT molecular complexity index is 1090. The quantitative estimate of drug-likeness (QED) is 0.394. The minimum absolute atomic E-state index is 0.680. The predicted molar refractivity (Wildman–Crippen MR) is 102 cm³/mol. The van der Waals surface area contributed by atoms with Crippen molar-refractivity contribution in [3.8, 4) is 11.5 Å². The first-order valence-corrected chi connectivity index (χ1v) is 9.14. The lowest BCUT2D eigenvalue weighted by atomic mass is 10.2. The standard InChI is InChI=1S/C19H18N4O2S/c1-12-20-18-15-6-4-5-7-16(15)21-19(23(18)22-12)26-11-13-10-14(24-2)8-9-17(13)25-3/h4-10H,11H2,1-3H3. The molecule has 7 heteroatoms. The number of aryl methyl sites for hydroxylation is 1. The zero-order valence-corrected chi connectivity index (χ0v) is 15.6. The van der Waals surface area contributed by atoms with Crippen molar-refractivity contribution in [2.24, 2.45) is 0 Å². The molecule has 0 aliphatic rings. The van der Waals surface area contributed by atoms with Gasteiger partial charge in [-0.2, -0.15) is 4.52 Å². The van der Waals surface area contributed by atoms with Crippen LogP contribution in [0.2, 0.25) is 0 Å². The van der Waals surface area contributed by atoms with Crippen molar-refractivity contribution in [3.05, 3.63) is 53.9 Å². The Morgan fingerprint density at radius 1 is 1.04 bits per heavy atom. The summed E-state index contributed by atoms with van der Waals surface area (Å²) < 4.78 is 12.6. The minimum Gasteiger partial charge on any atom is -0.497 e. The van der Waals surface area contributed by atoms with Gasteiger partial charge in [0.05, 0.1) is 19.7 Å². The van der Waals surface area contributed by atoms with Crippen molar-refractivity contribution in [3.63, 3.8) is 0 Å². The summed E-state index contributed by atoms with van der Waals surface area (Å²) in [5.41, 5.74) is 2.78. The van der Waals surface area contributed by atoms with Crippen LogP contribution in [-0.4, -0.2) is 33.8 Å². The van der Waals surface area contributed by atoms with Crippen molar-refractivity contribution in [2.45, 2.75) is 17.8 Å². The van der Waals surface area contributed by atoms with Gasteiger partial charge in [0.1, 0.15) is 17.3 Å². The van der Waals surface area contributed by atoms with E-state index in [-0.39, 0.29) is 0 Å². The van der Waals surface area contributed by atoms with Crippen LogP contribution in [0.15, 0.2) is 47.6 Å². The highest BCUT2D eigenvalue weighted by atomic mass is 32.2. The van der Waals surface area contributed by atoms with Gasteiger partial charge in [-0.3, -0.25) is 0 Å². The van der Waals surface area contributed by atoms with Crippen LogP contribution in [-0.2, 0) is 5.75 Å². The summed E-state index contributed by atoms with van der Waals surface area (Å²) in [6, 6.07) is 13.8. The van der Waals surface area contributed by atoms with Gasteiger partial charge in [-0.1, -0.05) is 23.9 Å². The lowest BCUT2D eigenvalue weighted by molar-refractivity contribution is 0.400. The molecule has 26 heavy (non-hydrogen) atoms. The van der Waals surface area contributed by atoms with Gasteiger partial charge in [0.15, 0.2) is 10.8 Å². The maximum atomic E-state index is 5.47. The molecule has 0 aliphatic heterocycles. The first-order valence-electron chi connectivity index (χ1n) is 8.15. The molecule has 0 fully saturated rings. The number of para-hydroxylation sites is 1. The summed E-state index contributed by atoms with van der Waals surface area (Å²) in [7, 11) is 3.33. The van der Waals surface area contributed by atoms with E-state index in [0.29, 0.717) is 5.75 Å². The molecule has 0 amide bonds. The highest BCUT2D eigenvalue weighted by Crippen LogP contribution is 2.31. The highest BCUT2D eigenvalue weighted by molar-refractivity contribution is 7.98. The van der Waals surface area contributed by atoms with Gasteiger partial charge in [-0.05, 0) is 37.3 Å². The van der Waals surface area contributed by atoms with E-state index in [1.165, 1.54) is 0 Å². The van der Waals surface area contributed by atoms with Gasteiger partial charge in [0, 0.05) is 16.7 Å². The van der Waals surface area contributed by atoms with Gasteiger partial charge in [-0.15, -0.1) is 5.10 Å². The van der Waals surface area contributed by atoms with Crippen LogP contribution in [0.1, 0.15) is 11.4 Å². The predicted octanol–water partition coefficient (Wildman–Crippen LogP) is 3.90. The van der Waals surface area contributed by atoms with E-state index in [9.17, 15) is 0 Å². The second-order valence-electron chi connectivity index (χ2n) is 5.77. The van der Waals surface area contributed by atoms with E-state index in [1.54, 1.807) is 26.0 Å². The summed E-state index contributed by atoms with van der Waals surface area (Å²) in [6.45, 7) is 1.89. The average molecular weight is 366 g/mol. The summed E-state index contributed by atoms with van der Waals surface area (Å²) >= 11 is 1.59. The molecule has 0 N–H and O–H groups in total. The molecule has 0 aliphatic carbocycles. The first-order chi connectivity index (χ1) is 12.7. The van der Waals surface area contributed by atoms with Crippen molar-refractivity contribution in [1.82, 2.24) is 19.6 Å². The van der Waals surface area contributed by atoms with E-state index in [4.69, 9.17) is 14.5 Å². The molecule has 0 atom stereocenters. The van der Waals surface area contributed by atoms with Crippen molar-refractivity contribution in [2.75, 3.05) is 14.2 Å². The Hall–Kier alpha value is -2.80. The Morgan fingerprint density at radius 2 is 1.88 bits per heavy atom. The summed E-state index contributed by atoms with van der Waals surface area (Å²) in [5.74, 6) is 3.03. The molecule has 0 radical (unpaired) electrons. The number of hydrogen-bond donors (Lipinski definition) is 0. The molecule has 0 unspecified atom stereocenters. The maximum Gasteiger partial charge on any atom is 0.191 e. The van der Waals surface area contributed by atoms with Crippen LogP contribution >= 0.6 is 11.8 Å². The number of thioether (sulfide) groups is 1. The number of ether oxygens (including phenoxy) is 2. The number of aromatic nitrogens is 4. The van der Waals surface area contributed by atoms with Crippen LogP contribution in [0.25, 0.3) is 16.6 Å². The number of nitrogens with zero attached hydrogens (tertiary/aromatic N) is 4. The van der Waals surface area contributed by atoms with Gasteiger partial charge >= 0.3 is 0 Å².